The van der Waals surface area contributed by atoms with E-state index in [1.807, 2.05) is 79.7 Å². The Balaban J connectivity index is 1.52. The van der Waals surface area contributed by atoms with Crippen molar-refractivity contribution in [3.63, 3.8) is 0 Å². The third kappa shape index (κ3) is 6.60. The highest BCUT2D eigenvalue weighted by Crippen LogP contribution is 2.43. The zero-order chi connectivity index (χ0) is 28.8. The molecule has 8 nitrogen and oxygen atoms in total. The number of benzene rings is 3. The summed E-state index contributed by atoms with van der Waals surface area (Å²) in [5.74, 6) is 2.11. The lowest BCUT2D eigenvalue weighted by Gasteiger charge is -2.29. The largest absolute Gasteiger partial charge is 0.493 e. The number of fused-ring (bicyclic) bond motifs is 1. The van der Waals surface area contributed by atoms with Crippen molar-refractivity contribution < 1.29 is 19.0 Å². The van der Waals surface area contributed by atoms with Crippen molar-refractivity contribution in [2.24, 2.45) is 0 Å². The molecule has 0 amide bonds. The second-order valence-corrected chi connectivity index (χ2v) is 11.4. The summed E-state index contributed by atoms with van der Waals surface area (Å²) in [4.78, 5) is 18.4. The number of allylic oxidation sites excluding steroid dienone is 1. The van der Waals surface area contributed by atoms with Crippen LogP contribution in [0.1, 0.15) is 43.0 Å². The van der Waals surface area contributed by atoms with Crippen LogP contribution in [0.2, 0.25) is 0 Å². The molecule has 1 aliphatic rings. The average molecular weight is 636 g/mol. The van der Waals surface area contributed by atoms with E-state index in [1.54, 1.807) is 23.6 Å². The number of hydrogen-bond donors (Lipinski definition) is 1. The molecule has 1 aliphatic heterocycles. The number of methoxy groups -OCH3 is 1. The molecular weight excluding hydrogens is 604 g/mol. The first-order valence-corrected chi connectivity index (χ1v) is 15.1. The third-order valence-corrected chi connectivity index (χ3v) is 8.13. The Morgan fingerprint density at radius 3 is 2.39 bits per heavy atom. The van der Waals surface area contributed by atoms with Crippen LogP contribution in [-0.2, 0) is 22.7 Å². The number of esters is 1. The van der Waals surface area contributed by atoms with Gasteiger partial charge in [0.25, 0.3) is 0 Å². The molecule has 1 N–H and O–H groups in total. The fourth-order valence-electron chi connectivity index (χ4n) is 4.53. The molecule has 0 radical (unpaired) electrons. The molecule has 0 bridgehead atoms. The number of rotatable bonds is 11. The number of ether oxygens (including phenoxy) is 3. The molecule has 0 saturated heterocycles. The summed E-state index contributed by atoms with van der Waals surface area (Å²) < 4.78 is 20.2. The highest BCUT2D eigenvalue weighted by Gasteiger charge is 2.36. The predicted octanol–water partition coefficient (Wildman–Crippen LogP) is 7.16. The predicted molar refractivity (Wildman–Crippen MR) is 163 cm³/mol. The number of hydrogen-bond acceptors (Lipinski definition) is 8. The van der Waals surface area contributed by atoms with Crippen molar-refractivity contribution in [2.45, 2.75) is 44.7 Å². The van der Waals surface area contributed by atoms with E-state index in [0.29, 0.717) is 45.0 Å². The van der Waals surface area contributed by atoms with Crippen LogP contribution in [0.3, 0.4) is 0 Å². The summed E-state index contributed by atoms with van der Waals surface area (Å²) in [6.45, 7) is 4.50. The second-order valence-electron chi connectivity index (χ2n) is 9.45. The SMILES string of the molecule is CCCSc1nc2n(n1)C(c1cc(Br)c(OCc3ccccc3)c(OC)c1)C(C(=O)OCc1ccccc1)=C(C)N2. The molecule has 212 valence electrons. The van der Waals surface area contributed by atoms with Gasteiger partial charge in [-0.1, -0.05) is 79.3 Å². The maximum Gasteiger partial charge on any atom is 0.338 e. The van der Waals surface area contributed by atoms with Crippen molar-refractivity contribution >= 4 is 39.6 Å². The standard InChI is InChI=1S/C31H31BrN4O4S/c1-4-15-41-31-34-30-33-20(2)26(29(37)40-19-22-13-9-6-10-14-22)27(36(30)35-31)23-16-24(32)28(25(17-23)38-3)39-18-21-11-7-5-8-12-21/h5-14,16-17,27H,4,15,18-19H2,1-3H3,(H,33,34,35). The summed E-state index contributed by atoms with van der Waals surface area (Å²) >= 11 is 5.27. The zero-order valence-electron chi connectivity index (χ0n) is 23.1. The number of halogens is 1. The van der Waals surface area contributed by atoms with Gasteiger partial charge in [0, 0.05) is 11.4 Å². The number of carbonyl (C=O) groups is 1. The smallest absolute Gasteiger partial charge is 0.338 e. The lowest BCUT2D eigenvalue weighted by atomic mass is 9.95. The highest BCUT2D eigenvalue weighted by atomic mass is 79.9. The molecule has 0 fully saturated rings. The lowest BCUT2D eigenvalue weighted by molar-refractivity contribution is -0.140. The van der Waals surface area contributed by atoms with E-state index in [-0.39, 0.29) is 6.61 Å². The maximum atomic E-state index is 13.7. The van der Waals surface area contributed by atoms with Gasteiger partial charge in [-0.2, -0.15) is 4.98 Å². The van der Waals surface area contributed by atoms with Gasteiger partial charge in [0.2, 0.25) is 11.1 Å². The van der Waals surface area contributed by atoms with E-state index in [1.165, 1.54) is 0 Å². The van der Waals surface area contributed by atoms with Gasteiger partial charge in [-0.3, -0.25) is 0 Å². The number of carbonyl (C=O) groups excluding carboxylic acids is 1. The second kappa shape index (κ2) is 13.3. The number of anilines is 1. The molecule has 1 atom stereocenters. The van der Waals surface area contributed by atoms with Gasteiger partial charge in [0.1, 0.15) is 19.3 Å². The Kier molecular flexibility index (Phi) is 9.31. The number of aromatic nitrogens is 3. The number of nitrogens with zero attached hydrogens (tertiary/aromatic N) is 3. The van der Waals surface area contributed by atoms with E-state index in [9.17, 15) is 4.79 Å². The van der Waals surface area contributed by atoms with Crippen LogP contribution in [0.15, 0.2) is 93.7 Å². The minimum atomic E-state index is -0.605. The molecule has 1 aromatic heterocycles. The molecule has 5 rings (SSSR count). The quantitative estimate of drug-likeness (QED) is 0.137. The van der Waals surface area contributed by atoms with Crippen LogP contribution < -0.4 is 14.8 Å². The Labute approximate surface area is 252 Å². The Bertz CT molecular complexity index is 1540. The van der Waals surface area contributed by atoms with E-state index >= 15 is 0 Å². The summed E-state index contributed by atoms with van der Waals surface area (Å²) in [6, 6.07) is 22.7. The Morgan fingerprint density at radius 2 is 1.73 bits per heavy atom. The van der Waals surface area contributed by atoms with E-state index < -0.39 is 12.0 Å². The maximum absolute atomic E-state index is 13.7. The van der Waals surface area contributed by atoms with E-state index in [2.05, 4.69) is 28.2 Å². The van der Waals surface area contributed by atoms with Crippen molar-refractivity contribution in [1.82, 2.24) is 14.8 Å². The number of thioether (sulfide) groups is 1. The highest BCUT2D eigenvalue weighted by molar-refractivity contribution is 9.10. The van der Waals surface area contributed by atoms with Crippen LogP contribution >= 0.6 is 27.7 Å². The van der Waals surface area contributed by atoms with Gasteiger partial charge in [0.05, 0.1) is 17.2 Å². The van der Waals surface area contributed by atoms with Gasteiger partial charge >= 0.3 is 5.97 Å². The summed E-state index contributed by atoms with van der Waals surface area (Å²) in [5, 5.41) is 8.70. The van der Waals surface area contributed by atoms with Crippen LogP contribution in [0.4, 0.5) is 5.95 Å². The molecule has 1 unspecified atom stereocenters. The van der Waals surface area contributed by atoms with Crippen LogP contribution in [0.25, 0.3) is 0 Å². The van der Waals surface area contributed by atoms with Crippen molar-refractivity contribution in [3.05, 3.63) is 105 Å². The van der Waals surface area contributed by atoms with Crippen molar-refractivity contribution in [1.29, 1.82) is 0 Å². The van der Waals surface area contributed by atoms with Crippen LogP contribution in [0, 0.1) is 0 Å². The van der Waals surface area contributed by atoms with Crippen LogP contribution in [-0.4, -0.2) is 33.6 Å². The first-order valence-electron chi connectivity index (χ1n) is 13.3. The topological polar surface area (TPSA) is 87.5 Å². The van der Waals surface area contributed by atoms with E-state index in [4.69, 9.17) is 24.3 Å². The minimum absolute atomic E-state index is 0.157. The van der Waals surface area contributed by atoms with Gasteiger partial charge in [-0.25, -0.2) is 9.48 Å². The molecule has 3 aromatic carbocycles. The Hall–Kier alpha value is -3.76. The van der Waals surface area contributed by atoms with Gasteiger partial charge in [-0.05, 0) is 58.1 Å². The normalized spacial score (nSPS) is 14.3. The molecule has 0 spiro atoms. The minimum Gasteiger partial charge on any atom is -0.493 e. The molecular formula is C31H31BrN4O4S. The summed E-state index contributed by atoms with van der Waals surface area (Å²) in [6.07, 6.45) is 0.994. The Morgan fingerprint density at radius 1 is 1.05 bits per heavy atom. The monoisotopic (exact) mass is 634 g/mol. The molecule has 10 heteroatoms. The van der Waals surface area contributed by atoms with Gasteiger partial charge < -0.3 is 19.5 Å². The fraction of sp³-hybridized carbons (Fsp3) is 0.258. The first-order chi connectivity index (χ1) is 20.0. The van der Waals surface area contributed by atoms with Gasteiger partial charge in [-0.15, -0.1) is 5.10 Å². The molecule has 2 heterocycles. The van der Waals surface area contributed by atoms with Crippen LogP contribution in [0.5, 0.6) is 11.5 Å². The van der Waals surface area contributed by atoms with E-state index in [0.717, 1.165) is 28.9 Å². The number of nitrogens with one attached hydrogen (secondary N) is 1. The zero-order valence-corrected chi connectivity index (χ0v) is 25.5. The third-order valence-electron chi connectivity index (χ3n) is 6.49. The first kappa shape index (κ1) is 28.8. The molecule has 0 aliphatic carbocycles. The fourth-order valence-corrected chi connectivity index (χ4v) is 5.78. The molecule has 41 heavy (non-hydrogen) atoms. The molecule has 0 saturated carbocycles. The summed E-state index contributed by atoms with van der Waals surface area (Å²) in [5.41, 5.74) is 3.81. The van der Waals surface area contributed by atoms with Gasteiger partial charge in [0.15, 0.2) is 11.5 Å². The van der Waals surface area contributed by atoms with Crippen molar-refractivity contribution in [3.8, 4) is 11.5 Å². The lowest BCUT2D eigenvalue weighted by Crippen LogP contribution is -2.29. The summed E-state index contributed by atoms with van der Waals surface area (Å²) in [7, 11) is 1.60. The van der Waals surface area contributed by atoms with Crippen molar-refractivity contribution in [2.75, 3.05) is 18.2 Å². The average Bonchev–Trinajstić information content (AvgIpc) is 3.40. The molecule has 4 aromatic rings.